The van der Waals surface area contributed by atoms with Crippen LogP contribution in [0.1, 0.15) is 50.0 Å². The lowest BCUT2D eigenvalue weighted by Gasteiger charge is -2.29. The van der Waals surface area contributed by atoms with Crippen molar-refractivity contribution in [3.05, 3.63) is 65.6 Å². The average molecular weight is 462 g/mol. The Morgan fingerprint density at radius 1 is 1.06 bits per heavy atom. The number of piperidine rings is 1. The number of aromatic nitrogens is 2. The molecule has 6 nitrogen and oxygen atoms in total. The number of unbranched alkanes of at least 4 members (excludes halogenated alkanes) is 1. The van der Waals surface area contributed by atoms with Crippen LogP contribution in [0.3, 0.4) is 0 Å². The van der Waals surface area contributed by atoms with Crippen molar-refractivity contribution >= 4 is 10.0 Å². The van der Waals surface area contributed by atoms with Gasteiger partial charge in [0.2, 0.25) is 21.7 Å². The summed E-state index contributed by atoms with van der Waals surface area (Å²) in [6.07, 6.45) is 4.18. The van der Waals surface area contributed by atoms with Crippen LogP contribution < -0.4 is 0 Å². The summed E-state index contributed by atoms with van der Waals surface area (Å²) in [5.74, 6) is -1.46. The Kier molecular flexibility index (Phi) is 6.66. The molecule has 2 heterocycles. The minimum atomic E-state index is -3.56. The number of nitrogens with zero attached hydrogens (tertiary/aromatic N) is 3. The number of aryl methyl sites for hydroxylation is 1. The van der Waals surface area contributed by atoms with Gasteiger partial charge in [0.15, 0.2) is 11.6 Å². The summed E-state index contributed by atoms with van der Waals surface area (Å²) in [7, 11) is -3.56. The van der Waals surface area contributed by atoms with Gasteiger partial charge in [-0.3, -0.25) is 0 Å². The van der Waals surface area contributed by atoms with Crippen LogP contribution in [-0.4, -0.2) is 36.0 Å². The summed E-state index contributed by atoms with van der Waals surface area (Å²) in [5, 5.41) is 3.87. The monoisotopic (exact) mass is 461 g/mol. The topological polar surface area (TPSA) is 76.3 Å². The lowest BCUT2D eigenvalue weighted by Crippen LogP contribution is -2.37. The Balaban J connectivity index is 1.40. The molecule has 1 fully saturated rings. The molecule has 1 aromatic heterocycles. The molecule has 1 aliphatic rings. The number of sulfonamides is 1. The Bertz CT molecular complexity index is 1170. The fourth-order valence-corrected chi connectivity index (χ4v) is 5.32. The van der Waals surface area contributed by atoms with Gasteiger partial charge >= 0.3 is 0 Å². The highest BCUT2D eigenvalue weighted by Crippen LogP contribution is 2.31. The van der Waals surface area contributed by atoms with Crippen molar-refractivity contribution in [1.82, 2.24) is 14.4 Å². The van der Waals surface area contributed by atoms with Crippen molar-refractivity contribution in [2.75, 3.05) is 13.1 Å². The van der Waals surface area contributed by atoms with Gasteiger partial charge in [0.05, 0.1) is 4.90 Å². The van der Waals surface area contributed by atoms with Crippen LogP contribution in [0.2, 0.25) is 0 Å². The number of hydrogen-bond acceptors (Lipinski definition) is 5. The van der Waals surface area contributed by atoms with E-state index in [9.17, 15) is 17.2 Å². The highest BCUT2D eigenvalue weighted by Gasteiger charge is 2.32. The zero-order valence-corrected chi connectivity index (χ0v) is 18.6. The normalized spacial score (nSPS) is 15.8. The molecule has 0 radical (unpaired) electrons. The molecule has 1 saturated heterocycles. The third-order valence-corrected chi connectivity index (χ3v) is 7.72. The zero-order chi connectivity index (χ0) is 22.7. The van der Waals surface area contributed by atoms with E-state index in [-0.39, 0.29) is 11.7 Å². The van der Waals surface area contributed by atoms with Crippen molar-refractivity contribution in [2.45, 2.75) is 49.8 Å². The molecule has 0 bridgehead atoms. The molecule has 170 valence electrons. The maximum Gasteiger partial charge on any atom is 0.243 e. The summed E-state index contributed by atoms with van der Waals surface area (Å²) in [6, 6.07) is 10.5. The summed E-state index contributed by atoms with van der Waals surface area (Å²) >= 11 is 0. The molecular formula is C23H25F2N3O3S. The van der Waals surface area contributed by atoms with Crippen molar-refractivity contribution in [3.63, 3.8) is 0 Å². The number of halogens is 2. The molecule has 0 N–H and O–H groups in total. The van der Waals surface area contributed by atoms with E-state index in [0.29, 0.717) is 42.3 Å². The molecule has 0 saturated carbocycles. The second kappa shape index (κ2) is 9.46. The molecule has 3 aromatic rings. The first-order valence-corrected chi connectivity index (χ1v) is 12.2. The Morgan fingerprint density at radius 2 is 1.78 bits per heavy atom. The minimum absolute atomic E-state index is 0.0931. The second-order valence-corrected chi connectivity index (χ2v) is 9.95. The smallest absolute Gasteiger partial charge is 0.243 e. The van der Waals surface area contributed by atoms with Gasteiger partial charge in [0, 0.05) is 24.6 Å². The quantitative estimate of drug-likeness (QED) is 0.499. The third-order valence-electron chi connectivity index (χ3n) is 5.80. The Morgan fingerprint density at radius 3 is 2.44 bits per heavy atom. The Hall–Kier alpha value is -2.65. The van der Waals surface area contributed by atoms with E-state index < -0.39 is 21.7 Å². The summed E-state index contributed by atoms with van der Waals surface area (Å²) in [6.45, 7) is 2.81. The van der Waals surface area contributed by atoms with E-state index in [4.69, 9.17) is 4.52 Å². The molecule has 9 heteroatoms. The Labute approximate surface area is 186 Å². The third kappa shape index (κ3) is 4.73. The first-order valence-electron chi connectivity index (χ1n) is 10.8. The van der Waals surface area contributed by atoms with Gasteiger partial charge in [-0.15, -0.1) is 0 Å². The second-order valence-electron chi connectivity index (χ2n) is 8.01. The van der Waals surface area contributed by atoms with Crippen LogP contribution in [0.4, 0.5) is 8.78 Å². The van der Waals surface area contributed by atoms with Gasteiger partial charge in [-0.05, 0) is 61.6 Å². The molecular weight excluding hydrogens is 436 g/mol. The van der Waals surface area contributed by atoms with Crippen LogP contribution in [-0.2, 0) is 16.4 Å². The van der Waals surface area contributed by atoms with Gasteiger partial charge < -0.3 is 4.52 Å². The largest absolute Gasteiger partial charge is 0.339 e. The number of rotatable bonds is 7. The van der Waals surface area contributed by atoms with E-state index >= 15 is 0 Å². The van der Waals surface area contributed by atoms with E-state index in [1.165, 1.54) is 10.4 Å². The predicted molar refractivity (Wildman–Crippen MR) is 115 cm³/mol. The predicted octanol–water partition coefficient (Wildman–Crippen LogP) is 4.93. The summed E-state index contributed by atoms with van der Waals surface area (Å²) in [4.78, 5) is 4.62. The van der Waals surface area contributed by atoms with Crippen LogP contribution in [0.15, 0.2) is 51.9 Å². The van der Waals surface area contributed by atoms with Gasteiger partial charge in [0.1, 0.15) is 0 Å². The highest BCUT2D eigenvalue weighted by atomic mass is 32.2. The zero-order valence-electron chi connectivity index (χ0n) is 17.8. The van der Waals surface area contributed by atoms with E-state index in [1.54, 1.807) is 12.1 Å². The lowest BCUT2D eigenvalue weighted by molar-refractivity contribution is 0.271. The average Bonchev–Trinajstić information content (AvgIpc) is 3.30. The van der Waals surface area contributed by atoms with Crippen molar-refractivity contribution < 1.29 is 21.7 Å². The first kappa shape index (κ1) is 22.5. The summed E-state index contributed by atoms with van der Waals surface area (Å²) < 4.78 is 59.5. The lowest BCUT2D eigenvalue weighted by atomic mass is 9.98. The van der Waals surface area contributed by atoms with Crippen molar-refractivity contribution in [2.24, 2.45) is 0 Å². The van der Waals surface area contributed by atoms with Gasteiger partial charge in [-0.2, -0.15) is 9.29 Å². The van der Waals surface area contributed by atoms with Crippen molar-refractivity contribution in [3.8, 4) is 11.4 Å². The number of hydrogen-bond donors (Lipinski definition) is 0. The molecule has 0 amide bonds. The minimum Gasteiger partial charge on any atom is -0.339 e. The molecule has 4 rings (SSSR count). The van der Waals surface area contributed by atoms with E-state index in [0.717, 1.165) is 37.0 Å². The molecule has 2 aromatic carbocycles. The first-order chi connectivity index (χ1) is 15.4. The van der Waals surface area contributed by atoms with Gasteiger partial charge in [-0.1, -0.05) is 30.6 Å². The van der Waals surface area contributed by atoms with E-state index in [2.05, 4.69) is 17.1 Å². The molecule has 1 aliphatic heterocycles. The molecule has 0 atom stereocenters. The maximum absolute atomic E-state index is 13.5. The van der Waals surface area contributed by atoms with Crippen LogP contribution in [0.25, 0.3) is 11.4 Å². The summed E-state index contributed by atoms with van der Waals surface area (Å²) in [5.41, 5.74) is 1.46. The fourth-order valence-electron chi connectivity index (χ4n) is 3.85. The highest BCUT2D eigenvalue weighted by molar-refractivity contribution is 7.89. The molecule has 0 aliphatic carbocycles. The molecule has 0 unspecified atom stereocenters. The standard InChI is InChI=1S/C23H25F2N3O3S/c1-2-3-4-16-5-8-19(9-6-16)32(29,30)28-13-11-17(12-14-28)23-26-22(27-31-23)18-7-10-20(24)21(25)15-18/h5-10,15,17H,2-4,11-14H2,1H3. The number of benzene rings is 2. The van der Waals surface area contributed by atoms with Crippen LogP contribution in [0.5, 0.6) is 0 Å². The van der Waals surface area contributed by atoms with E-state index in [1.807, 2.05) is 12.1 Å². The van der Waals surface area contributed by atoms with Crippen LogP contribution in [0, 0.1) is 11.6 Å². The fraction of sp³-hybridized carbons (Fsp3) is 0.391. The molecule has 0 spiro atoms. The van der Waals surface area contributed by atoms with Gasteiger partial charge in [-0.25, -0.2) is 17.2 Å². The maximum atomic E-state index is 13.5. The van der Waals surface area contributed by atoms with Crippen LogP contribution >= 0.6 is 0 Å². The molecule has 32 heavy (non-hydrogen) atoms. The van der Waals surface area contributed by atoms with Gasteiger partial charge in [0.25, 0.3) is 0 Å². The SMILES string of the molecule is CCCCc1ccc(S(=O)(=O)N2CCC(c3nc(-c4ccc(F)c(F)c4)no3)CC2)cc1. The van der Waals surface area contributed by atoms with Crippen molar-refractivity contribution in [1.29, 1.82) is 0 Å².